The van der Waals surface area contributed by atoms with Crippen LogP contribution >= 0.6 is 0 Å². The van der Waals surface area contributed by atoms with E-state index < -0.39 is 0 Å². The molecule has 0 aromatic rings. The van der Waals surface area contributed by atoms with Crippen LogP contribution in [0.2, 0.25) is 0 Å². The van der Waals surface area contributed by atoms with Gasteiger partial charge in [0.25, 0.3) is 0 Å². The Hall–Kier alpha value is -0.0800. The predicted octanol–water partition coefficient (Wildman–Crippen LogP) is 2.24. The molecule has 0 radical (unpaired) electrons. The summed E-state index contributed by atoms with van der Waals surface area (Å²) in [4.78, 5) is 2.77. The molecule has 0 aromatic heterocycles. The lowest BCUT2D eigenvalue weighted by atomic mass is 9.91. The summed E-state index contributed by atoms with van der Waals surface area (Å²) in [6.07, 6.45) is 8.53. The molecule has 2 N–H and O–H groups in total. The van der Waals surface area contributed by atoms with E-state index in [2.05, 4.69) is 11.8 Å². The normalized spacial score (nSPS) is 34.0. The molecule has 2 aliphatic rings. The minimum absolute atomic E-state index is 0.786. The van der Waals surface area contributed by atoms with Crippen molar-refractivity contribution in [2.24, 2.45) is 17.6 Å². The monoisotopic (exact) mass is 210 g/mol. The Labute approximate surface area is 94.2 Å². The van der Waals surface area contributed by atoms with Crippen molar-refractivity contribution in [2.75, 3.05) is 19.6 Å². The average Bonchev–Trinajstić information content (AvgIpc) is 2.67. The summed E-state index contributed by atoms with van der Waals surface area (Å²) in [6, 6.07) is 0.930. The van der Waals surface area contributed by atoms with Gasteiger partial charge in [-0.1, -0.05) is 13.3 Å². The quantitative estimate of drug-likeness (QED) is 0.771. The molecule has 15 heavy (non-hydrogen) atoms. The smallest absolute Gasteiger partial charge is 0.0124 e. The molecule has 88 valence electrons. The SMILES string of the molecule is CC(CCN)CN1CCCC2CCCC21. The topological polar surface area (TPSA) is 29.3 Å². The lowest BCUT2D eigenvalue weighted by Crippen LogP contribution is -2.44. The highest BCUT2D eigenvalue weighted by Crippen LogP contribution is 2.37. The minimum Gasteiger partial charge on any atom is -0.330 e. The molecule has 1 aliphatic heterocycles. The fraction of sp³-hybridized carbons (Fsp3) is 1.00. The Morgan fingerprint density at radius 2 is 2.07 bits per heavy atom. The summed E-state index contributed by atoms with van der Waals surface area (Å²) in [5.74, 6) is 1.82. The standard InChI is InChI=1S/C13H26N2/c1-11(7-8-14)10-15-9-3-5-12-4-2-6-13(12)15/h11-13H,2-10,14H2,1H3. The van der Waals surface area contributed by atoms with E-state index in [0.29, 0.717) is 0 Å². The number of hydrogen-bond acceptors (Lipinski definition) is 2. The van der Waals surface area contributed by atoms with Crippen molar-refractivity contribution in [2.45, 2.75) is 51.5 Å². The maximum absolute atomic E-state index is 5.62. The van der Waals surface area contributed by atoms with E-state index in [-0.39, 0.29) is 0 Å². The summed E-state index contributed by atoms with van der Waals surface area (Å²) in [6.45, 7) is 5.84. The van der Waals surface area contributed by atoms with Crippen LogP contribution in [-0.4, -0.2) is 30.6 Å². The van der Waals surface area contributed by atoms with Crippen LogP contribution in [-0.2, 0) is 0 Å². The molecular weight excluding hydrogens is 184 g/mol. The van der Waals surface area contributed by atoms with Gasteiger partial charge in [0.15, 0.2) is 0 Å². The molecular formula is C13H26N2. The van der Waals surface area contributed by atoms with Crippen LogP contribution < -0.4 is 5.73 Å². The van der Waals surface area contributed by atoms with Gasteiger partial charge in [-0.05, 0) is 57.0 Å². The third-order valence-corrected chi connectivity index (χ3v) is 4.31. The number of nitrogens with zero attached hydrogens (tertiary/aromatic N) is 1. The molecule has 2 heteroatoms. The third-order valence-electron chi connectivity index (χ3n) is 4.31. The fourth-order valence-corrected chi connectivity index (χ4v) is 3.56. The summed E-state index contributed by atoms with van der Waals surface area (Å²) in [5.41, 5.74) is 5.62. The molecule has 3 atom stereocenters. The molecule has 0 spiro atoms. The summed E-state index contributed by atoms with van der Waals surface area (Å²) >= 11 is 0. The van der Waals surface area contributed by atoms with Crippen molar-refractivity contribution in [3.63, 3.8) is 0 Å². The van der Waals surface area contributed by atoms with Gasteiger partial charge in [0.05, 0.1) is 0 Å². The number of rotatable bonds is 4. The van der Waals surface area contributed by atoms with Gasteiger partial charge in [-0.25, -0.2) is 0 Å². The molecule has 1 aliphatic carbocycles. The van der Waals surface area contributed by atoms with E-state index in [1.165, 1.54) is 51.6 Å². The molecule has 0 aromatic carbocycles. The van der Waals surface area contributed by atoms with Crippen molar-refractivity contribution in [3.05, 3.63) is 0 Å². The van der Waals surface area contributed by atoms with Gasteiger partial charge in [-0.15, -0.1) is 0 Å². The van der Waals surface area contributed by atoms with Crippen LogP contribution in [0, 0.1) is 11.8 Å². The van der Waals surface area contributed by atoms with Crippen molar-refractivity contribution in [3.8, 4) is 0 Å². The van der Waals surface area contributed by atoms with Crippen LogP contribution in [0.1, 0.15) is 45.4 Å². The molecule has 1 saturated heterocycles. The number of fused-ring (bicyclic) bond motifs is 1. The lowest BCUT2D eigenvalue weighted by Gasteiger charge is -2.39. The van der Waals surface area contributed by atoms with Gasteiger partial charge in [0.2, 0.25) is 0 Å². The van der Waals surface area contributed by atoms with Gasteiger partial charge in [-0.3, -0.25) is 4.90 Å². The molecule has 1 heterocycles. The van der Waals surface area contributed by atoms with Gasteiger partial charge in [0, 0.05) is 12.6 Å². The zero-order valence-corrected chi connectivity index (χ0v) is 10.1. The first-order chi connectivity index (χ1) is 7.31. The Bertz CT molecular complexity index is 193. The van der Waals surface area contributed by atoms with Gasteiger partial charge in [0.1, 0.15) is 0 Å². The van der Waals surface area contributed by atoms with Crippen LogP contribution in [0.3, 0.4) is 0 Å². The largest absolute Gasteiger partial charge is 0.330 e. The Balaban J connectivity index is 1.84. The van der Waals surface area contributed by atoms with E-state index in [9.17, 15) is 0 Å². The molecule has 2 nitrogen and oxygen atoms in total. The van der Waals surface area contributed by atoms with E-state index in [1.807, 2.05) is 0 Å². The van der Waals surface area contributed by atoms with Gasteiger partial charge < -0.3 is 5.73 Å². The highest BCUT2D eigenvalue weighted by Gasteiger charge is 2.34. The van der Waals surface area contributed by atoms with Crippen LogP contribution in [0.5, 0.6) is 0 Å². The number of hydrogen-bond donors (Lipinski definition) is 1. The van der Waals surface area contributed by atoms with Crippen LogP contribution in [0.15, 0.2) is 0 Å². The lowest BCUT2D eigenvalue weighted by molar-refractivity contribution is 0.0962. The molecule has 1 saturated carbocycles. The number of likely N-dealkylation sites (tertiary alicyclic amines) is 1. The van der Waals surface area contributed by atoms with Gasteiger partial charge >= 0.3 is 0 Å². The second kappa shape index (κ2) is 5.31. The summed E-state index contributed by atoms with van der Waals surface area (Å²) in [5, 5.41) is 0. The van der Waals surface area contributed by atoms with Crippen LogP contribution in [0.4, 0.5) is 0 Å². The highest BCUT2D eigenvalue weighted by molar-refractivity contribution is 4.89. The molecule has 2 rings (SSSR count). The van der Waals surface area contributed by atoms with Crippen molar-refractivity contribution < 1.29 is 0 Å². The minimum atomic E-state index is 0.786. The second-order valence-electron chi connectivity index (χ2n) is 5.58. The molecule has 3 unspecified atom stereocenters. The van der Waals surface area contributed by atoms with Crippen molar-refractivity contribution >= 4 is 0 Å². The van der Waals surface area contributed by atoms with E-state index in [1.54, 1.807) is 0 Å². The Kier molecular flexibility index (Phi) is 4.04. The van der Waals surface area contributed by atoms with Crippen molar-refractivity contribution in [1.29, 1.82) is 0 Å². The Morgan fingerprint density at radius 3 is 2.87 bits per heavy atom. The Morgan fingerprint density at radius 1 is 1.27 bits per heavy atom. The van der Waals surface area contributed by atoms with E-state index in [4.69, 9.17) is 5.73 Å². The van der Waals surface area contributed by atoms with E-state index >= 15 is 0 Å². The maximum Gasteiger partial charge on any atom is 0.0124 e. The first kappa shape index (κ1) is 11.4. The number of piperidine rings is 1. The first-order valence-corrected chi connectivity index (χ1v) is 6.75. The third kappa shape index (κ3) is 2.73. The molecule has 2 fully saturated rings. The van der Waals surface area contributed by atoms with E-state index in [0.717, 1.165) is 24.4 Å². The predicted molar refractivity (Wildman–Crippen MR) is 64.8 cm³/mol. The average molecular weight is 210 g/mol. The second-order valence-corrected chi connectivity index (χ2v) is 5.58. The molecule has 0 bridgehead atoms. The van der Waals surface area contributed by atoms with Crippen LogP contribution in [0.25, 0.3) is 0 Å². The highest BCUT2D eigenvalue weighted by atomic mass is 15.2. The first-order valence-electron chi connectivity index (χ1n) is 6.75. The fourth-order valence-electron chi connectivity index (χ4n) is 3.56. The van der Waals surface area contributed by atoms with Crippen molar-refractivity contribution in [1.82, 2.24) is 4.90 Å². The van der Waals surface area contributed by atoms with Gasteiger partial charge in [-0.2, -0.15) is 0 Å². The summed E-state index contributed by atoms with van der Waals surface area (Å²) < 4.78 is 0. The summed E-state index contributed by atoms with van der Waals surface area (Å²) in [7, 11) is 0. The zero-order chi connectivity index (χ0) is 10.7. The maximum atomic E-state index is 5.62. The number of nitrogens with two attached hydrogens (primary N) is 1. The molecule has 0 amide bonds. The zero-order valence-electron chi connectivity index (χ0n) is 10.1.